The average Bonchev–Trinajstić information content (AvgIpc) is 3.12. The lowest BCUT2D eigenvalue weighted by Crippen LogP contribution is -2.31. The summed E-state index contributed by atoms with van der Waals surface area (Å²) in [5, 5.41) is 11.0. The Hall–Kier alpha value is -4.63. The van der Waals surface area contributed by atoms with E-state index in [4.69, 9.17) is 21.7 Å². The molecule has 3 aromatic rings. The molecule has 34 heavy (non-hydrogen) atoms. The number of amides is 2. The second-order valence-electron chi connectivity index (χ2n) is 7.39. The number of hydrogen-bond acceptors (Lipinski definition) is 8. The molecule has 9 nitrogen and oxygen atoms in total. The van der Waals surface area contributed by atoms with Gasteiger partial charge in [-0.1, -0.05) is 42.5 Å². The van der Waals surface area contributed by atoms with Crippen LogP contribution in [0.3, 0.4) is 0 Å². The summed E-state index contributed by atoms with van der Waals surface area (Å²) in [6, 6.07) is 18.7. The maximum atomic E-state index is 13.4. The summed E-state index contributed by atoms with van der Waals surface area (Å²) in [6.07, 6.45) is 0.954. The summed E-state index contributed by atoms with van der Waals surface area (Å²) in [4.78, 5) is 40.4. The van der Waals surface area contributed by atoms with Crippen LogP contribution in [-0.2, 0) is 4.74 Å². The molecule has 0 atom stereocenters. The van der Waals surface area contributed by atoms with E-state index in [1.165, 1.54) is 18.2 Å². The Morgan fingerprint density at radius 3 is 2.38 bits per heavy atom. The molecule has 0 spiro atoms. The molecule has 1 heterocycles. The average molecular weight is 455 g/mol. The quantitative estimate of drug-likeness (QED) is 0.164. The molecule has 0 radical (unpaired) electrons. The van der Waals surface area contributed by atoms with Gasteiger partial charge in [0.25, 0.3) is 11.8 Å². The summed E-state index contributed by atoms with van der Waals surface area (Å²) in [5.41, 5.74) is 8.03. The highest BCUT2D eigenvalue weighted by Gasteiger charge is 2.39. The lowest BCUT2D eigenvalue weighted by atomic mass is 10.0. The third kappa shape index (κ3) is 3.96. The minimum Gasteiger partial charge on any atom is -0.461 e. The third-order valence-electron chi connectivity index (χ3n) is 5.37. The predicted octanol–water partition coefficient (Wildman–Crippen LogP) is 2.58. The molecule has 4 rings (SSSR count). The van der Waals surface area contributed by atoms with E-state index < -0.39 is 17.8 Å². The zero-order valence-electron chi connectivity index (χ0n) is 18.0. The summed E-state index contributed by atoms with van der Waals surface area (Å²) >= 11 is 0. The van der Waals surface area contributed by atoms with Crippen molar-refractivity contribution in [2.45, 2.75) is 0 Å². The molecule has 3 aromatic carbocycles. The van der Waals surface area contributed by atoms with Gasteiger partial charge in [0.05, 0.1) is 22.4 Å². The molecule has 0 aliphatic carbocycles. The van der Waals surface area contributed by atoms with Crippen LogP contribution in [-0.4, -0.2) is 42.9 Å². The number of nitrogens with zero attached hydrogens (tertiary/aromatic N) is 2. The first-order valence-corrected chi connectivity index (χ1v) is 10.4. The Kier molecular flexibility index (Phi) is 6.28. The lowest BCUT2D eigenvalue weighted by Gasteiger charge is -2.19. The highest BCUT2D eigenvalue weighted by atomic mass is 16.5. The van der Waals surface area contributed by atoms with E-state index >= 15 is 0 Å². The number of hydrazone groups is 1. The second kappa shape index (κ2) is 9.47. The topological polar surface area (TPSA) is 152 Å². The Labute approximate surface area is 195 Å². The zero-order valence-corrected chi connectivity index (χ0v) is 18.0. The Morgan fingerprint density at radius 1 is 0.971 bits per heavy atom. The van der Waals surface area contributed by atoms with Gasteiger partial charge in [-0.2, -0.15) is 5.10 Å². The molecular formula is C25H21N5O4. The van der Waals surface area contributed by atoms with Crippen molar-refractivity contribution in [3.05, 3.63) is 89.0 Å². The number of nitrogens with two attached hydrogens (primary N) is 2. The van der Waals surface area contributed by atoms with Crippen molar-refractivity contribution >= 4 is 35.4 Å². The van der Waals surface area contributed by atoms with E-state index in [2.05, 4.69) is 5.10 Å². The van der Waals surface area contributed by atoms with Crippen molar-refractivity contribution in [3.63, 3.8) is 0 Å². The zero-order chi connectivity index (χ0) is 24.2. The molecule has 1 aliphatic rings. The van der Waals surface area contributed by atoms with Crippen molar-refractivity contribution in [3.8, 4) is 11.1 Å². The van der Waals surface area contributed by atoms with Crippen LogP contribution in [0.15, 0.2) is 71.8 Å². The van der Waals surface area contributed by atoms with Crippen LogP contribution in [0.4, 0.5) is 5.69 Å². The Bertz CT molecular complexity index is 1330. The number of hydrogen-bond donors (Lipinski definition) is 3. The van der Waals surface area contributed by atoms with Crippen LogP contribution in [0.25, 0.3) is 11.1 Å². The van der Waals surface area contributed by atoms with Gasteiger partial charge in [0.15, 0.2) is 0 Å². The highest BCUT2D eigenvalue weighted by molar-refractivity contribution is 6.39. The van der Waals surface area contributed by atoms with Crippen molar-refractivity contribution in [1.29, 1.82) is 5.41 Å². The fourth-order valence-corrected chi connectivity index (χ4v) is 3.74. The van der Waals surface area contributed by atoms with Gasteiger partial charge in [-0.15, -0.1) is 0 Å². The number of imide groups is 1. The summed E-state index contributed by atoms with van der Waals surface area (Å²) < 4.78 is 5.18. The monoisotopic (exact) mass is 455 g/mol. The molecule has 5 N–H and O–H groups in total. The maximum Gasteiger partial charge on any atom is 0.340 e. The van der Waals surface area contributed by atoms with Crippen LogP contribution >= 0.6 is 0 Å². The fraction of sp³-hybridized carbons (Fsp3) is 0.0800. The minimum atomic E-state index is -0.696. The van der Waals surface area contributed by atoms with Gasteiger partial charge in [0.1, 0.15) is 12.3 Å². The number of fused-ring (bicyclic) bond motifs is 1. The van der Waals surface area contributed by atoms with Gasteiger partial charge in [0, 0.05) is 18.3 Å². The van der Waals surface area contributed by atoms with E-state index in [0.29, 0.717) is 11.1 Å². The van der Waals surface area contributed by atoms with Crippen molar-refractivity contribution in [1.82, 2.24) is 0 Å². The van der Waals surface area contributed by atoms with Crippen molar-refractivity contribution < 1.29 is 19.1 Å². The maximum absolute atomic E-state index is 13.4. The lowest BCUT2D eigenvalue weighted by molar-refractivity contribution is 0.0518. The van der Waals surface area contributed by atoms with Gasteiger partial charge in [-0.05, 0) is 35.4 Å². The number of carbonyl (C=O) groups is 3. The molecule has 0 saturated carbocycles. The molecule has 0 unspecified atom stereocenters. The van der Waals surface area contributed by atoms with Gasteiger partial charge in [-0.3, -0.25) is 9.59 Å². The predicted molar refractivity (Wildman–Crippen MR) is 128 cm³/mol. The van der Waals surface area contributed by atoms with Gasteiger partial charge in [-0.25, -0.2) is 9.69 Å². The number of anilines is 1. The molecule has 0 bridgehead atoms. The van der Waals surface area contributed by atoms with Crippen LogP contribution in [0.1, 0.15) is 36.6 Å². The molecule has 1 aliphatic heterocycles. The first kappa shape index (κ1) is 22.6. The Balaban J connectivity index is 1.84. The van der Waals surface area contributed by atoms with Crippen molar-refractivity contribution in [2.75, 3.05) is 18.1 Å². The van der Waals surface area contributed by atoms with Crippen LogP contribution in [0.2, 0.25) is 0 Å². The number of esters is 1. The van der Waals surface area contributed by atoms with Gasteiger partial charge >= 0.3 is 5.97 Å². The largest absolute Gasteiger partial charge is 0.461 e. The van der Waals surface area contributed by atoms with Crippen LogP contribution in [0, 0.1) is 5.41 Å². The third-order valence-corrected chi connectivity index (χ3v) is 5.37. The van der Waals surface area contributed by atoms with E-state index in [1.54, 1.807) is 18.2 Å². The minimum absolute atomic E-state index is 0.00495. The number of carbonyl (C=O) groups excluding carboxylic acids is 3. The van der Waals surface area contributed by atoms with Gasteiger partial charge < -0.3 is 21.7 Å². The molecule has 0 fully saturated rings. The van der Waals surface area contributed by atoms with Crippen LogP contribution < -0.4 is 16.5 Å². The molecular weight excluding hydrogens is 434 g/mol. The first-order valence-electron chi connectivity index (χ1n) is 10.4. The fourth-order valence-electron chi connectivity index (χ4n) is 3.74. The molecule has 0 saturated heterocycles. The van der Waals surface area contributed by atoms with Crippen LogP contribution in [0.5, 0.6) is 0 Å². The van der Waals surface area contributed by atoms with Gasteiger partial charge in [0.2, 0.25) is 0 Å². The smallest absolute Gasteiger partial charge is 0.340 e. The Morgan fingerprint density at radius 2 is 1.71 bits per heavy atom. The molecule has 2 amide bonds. The number of ether oxygens (including phenoxy) is 1. The van der Waals surface area contributed by atoms with E-state index in [0.717, 1.165) is 16.7 Å². The molecule has 0 aromatic heterocycles. The number of nitrogens with one attached hydrogen (secondary N) is 1. The second-order valence-corrected chi connectivity index (χ2v) is 7.39. The number of benzene rings is 3. The number of rotatable bonds is 7. The highest BCUT2D eigenvalue weighted by Crippen LogP contribution is 2.35. The van der Waals surface area contributed by atoms with E-state index in [9.17, 15) is 14.4 Å². The summed E-state index contributed by atoms with van der Waals surface area (Å²) in [6.45, 7) is 0.131. The molecule has 170 valence electrons. The first-order chi connectivity index (χ1) is 16.5. The van der Waals surface area contributed by atoms with Crippen molar-refractivity contribution in [2.24, 2.45) is 16.7 Å². The standard InChI is InChI=1S/C25H21N5O4/c26-10-11-34-25(33)19-9-6-16(15-4-2-1-3-5-15)13-22(19)30-23(31)18-8-7-17(21(14-27)29-28)12-20(18)24(30)32/h1-9,12-14,27H,10-11,26,28H2/b27-14?,29-21+. The summed E-state index contributed by atoms with van der Waals surface area (Å²) in [5.74, 6) is 3.44. The van der Waals surface area contributed by atoms with E-state index in [1.807, 2.05) is 30.3 Å². The normalized spacial score (nSPS) is 13.1. The van der Waals surface area contributed by atoms with E-state index in [-0.39, 0.29) is 41.2 Å². The summed E-state index contributed by atoms with van der Waals surface area (Å²) in [7, 11) is 0. The molecule has 9 heteroatoms. The SMILES string of the molecule is N=C/C(=N\N)c1ccc2c(c1)C(=O)N(c1cc(-c3ccccc3)ccc1C(=O)OCCN)C2=O.